The van der Waals surface area contributed by atoms with Crippen molar-refractivity contribution in [3.05, 3.63) is 45.5 Å². The summed E-state index contributed by atoms with van der Waals surface area (Å²) in [5, 5.41) is 1.52. The molecule has 0 spiro atoms. The Morgan fingerprint density at radius 2 is 1.76 bits per heavy atom. The first-order chi connectivity index (χ1) is 8.11. The Hall–Kier alpha value is -0.960. The highest BCUT2D eigenvalue weighted by Gasteiger charge is 2.08. The Balaban J connectivity index is 2.55. The lowest BCUT2D eigenvalue weighted by Crippen LogP contribution is -1.89. The second-order valence-electron chi connectivity index (χ2n) is 3.34. The summed E-state index contributed by atoms with van der Waals surface area (Å²) in [6.07, 6.45) is 1.54. The van der Waals surface area contributed by atoms with E-state index in [9.17, 15) is 0 Å². The summed E-state index contributed by atoms with van der Waals surface area (Å²) < 4.78 is 5.06. The summed E-state index contributed by atoms with van der Waals surface area (Å²) in [5.74, 6) is 0.496. The van der Waals surface area contributed by atoms with Crippen molar-refractivity contribution < 1.29 is 4.74 Å². The molecule has 1 aromatic heterocycles. The number of rotatable bonds is 2. The van der Waals surface area contributed by atoms with Crippen LogP contribution in [0.5, 0.6) is 5.88 Å². The van der Waals surface area contributed by atoms with E-state index in [4.69, 9.17) is 39.5 Å². The van der Waals surface area contributed by atoms with Crippen molar-refractivity contribution in [2.24, 2.45) is 0 Å². The SMILES string of the molecule is COc1cc(-c2ccc(Cl)c(Cl)c2)c(Cl)cn1. The van der Waals surface area contributed by atoms with Gasteiger partial charge in [-0.3, -0.25) is 0 Å². The third kappa shape index (κ3) is 2.65. The van der Waals surface area contributed by atoms with E-state index in [1.165, 1.54) is 6.20 Å². The number of benzene rings is 1. The molecule has 1 heterocycles. The van der Waals surface area contributed by atoms with Gasteiger partial charge in [0, 0.05) is 11.6 Å². The lowest BCUT2D eigenvalue weighted by atomic mass is 10.1. The number of methoxy groups -OCH3 is 1. The van der Waals surface area contributed by atoms with Crippen molar-refractivity contribution in [2.45, 2.75) is 0 Å². The molecule has 0 aliphatic rings. The normalized spacial score (nSPS) is 10.4. The molecule has 0 saturated heterocycles. The highest BCUT2D eigenvalue weighted by Crippen LogP contribution is 2.33. The van der Waals surface area contributed by atoms with Gasteiger partial charge in [-0.1, -0.05) is 40.9 Å². The molecule has 1 aromatic carbocycles. The second kappa shape index (κ2) is 5.13. The first-order valence-electron chi connectivity index (χ1n) is 4.77. The van der Waals surface area contributed by atoms with Crippen LogP contribution >= 0.6 is 34.8 Å². The maximum atomic E-state index is 6.09. The molecular formula is C12H8Cl3NO. The van der Waals surface area contributed by atoms with Crippen molar-refractivity contribution >= 4 is 34.8 Å². The van der Waals surface area contributed by atoms with E-state index in [0.29, 0.717) is 20.9 Å². The number of ether oxygens (including phenoxy) is 1. The molecule has 2 nitrogen and oxygen atoms in total. The topological polar surface area (TPSA) is 22.1 Å². The summed E-state index contributed by atoms with van der Waals surface area (Å²) in [6, 6.07) is 7.07. The van der Waals surface area contributed by atoms with E-state index in [1.54, 1.807) is 25.3 Å². The lowest BCUT2D eigenvalue weighted by Gasteiger charge is -2.07. The van der Waals surface area contributed by atoms with Gasteiger partial charge >= 0.3 is 0 Å². The Labute approximate surface area is 114 Å². The van der Waals surface area contributed by atoms with E-state index in [2.05, 4.69) is 4.98 Å². The molecule has 0 saturated carbocycles. The van der Waals surface area contributed by atoms with Crippen LogP contribution in [0, 0.1) is 0 Å². The molecule has 2 aromatic rings. The maximum Gasteiger partial charge on any atom is 0.213 e. The summed E-state index contributed by atoms with van der Waals surface area (Å²) in [4.78, 5) is 4.01. The number of pyridine rings is 1. The zero-order valence-corrected chi connectivity index (χ0v) is 11.1. The zero-order valence-electron chi connectivity index (χ0n) is 8.88. The molecule has 0 aliphatic carbocycles. The lowest BCUT2D eigenvalue weighted by molar-refractivity contribution is 0.398. The maximum absolute atomic E-state index is 6.09. The van der Waals surface area contributed by atoms with Crippen molar-refractivity contribution in [1.29, 1.82) is 0 Å². The van der Waals surface area contributed by atoms with E-state index in [-0.39, 0.29) is 0 Å². The van der Waals surface area contributed by atoms with Gasteiger partial charge in [0.05, 0.1) is 28.4 Å². The molecule has 2 rings (SSSR count). The largest absolute Gasteiger partial charge is 0.481 e. The smallest absolute Gasteiger partial charge is 0.213 e. The molecule has 88 valence electrons. The van der Waals surface area contributed by atoms with Crippen molar-refractivity contribution in [2.75, 3.05) is 7.11 Å². The molecule has 5 heteroatoms. The van der Waals surface area contributed by atoms with E-state index < -0.39 is 0 Å². The summed E-state index contributed by atoms with van der Waals surface area (Å²) in [6.45, 7) is 0. The van der Waals surface area contributed by atoms with Gasteiger partial charge in [-0.15, -0.1) is 0 Å². The first-order valence-corrected chi connectivity index (χ1v) is 5.90. The van der Waals surface area contributed by atoms with Crippen LogP contribution in [0.4, 0.5) is 0 Å². The Morgan fingerprint density at radius 1 is 1.00 bits per heavy atom. The molecule has 0 amide bonds. The van der Waals surface area contributed by atoms with Crippen molar-refractivity contribution in [1.82, 2.24) is 4.98 Å². The van der Waals surface area contributed by atoms with Crippen LogP contribution in [-0.2, 0) is 0 Å². The zero-order chi connectivity index (χ0) is 12.4. The third-order valence-corrected chi connectivity index (χ3v) is 3.31. The van der Waals surface area contributed by atoms with Crippen molar-refractivity contribution in [3.8, 4) is 17.0 Å². The van der Waals surface area contributed by atoms with Crippen LogP contribution in [0.3, 0.4) is 0 Å². The number of halogens is 3. The fourth-order valence-corrected chi connectivity index (χ4v) is 1.93. The fourth-order valence-electron chi connectivity index (χ4n) is 1.42. The summed E-state index contributed by atoms with van der Waals surface area (Å²) in [5.41, 5.74) is 1.67. The van der Waals surface area contributed by atoms with Crippen LogP contribution in [0.1, 0.15) is 0 Å². The summed E-state index contributed by atoms with van der Waals surface area (Å²) >= 11 is 17.9. The van der Waals surface area contributed by atoms with Gasteiger partial charge in [-0.2, -0.15) is 0 Å². The molecule has 0 aliphatic heterocycles. The Morgan fingerprint density at radius 3 is 2.41 bits per heavy atom. The molecule has 0 bridgehead atoms. The molecule has 17 heavy (non-hydrogen) atoms. The van der Waals surface area contributed by atoms with Gasteiger partial charge < -0.3 is 4.74 Å². The van der Waals surface area contributed by atoms with Crippen LogP contribution in [0.15, 0.2) is 30.5 Å². The van der Waals surface area contributed by atoms with E-state index >= 15 is 0 Å². The highest BCUT2D eigenvalue weighted by atomic mass is 35.5. The van der Waals surface area contributed by atoms with Gasteiger partial charge in [-0.25, -0.2) is 4.98 Å². The molecule has 0 atom stereocenters. The number of nitrogens with zero attached hydrogens (tertiary/aromatic N) is 1. The van der Waals surface area contributed by atoms with Crippen molar-refractivity contribution in [3.63, 3.8) is 0 Å². The van der Waals surface area contributed by atoms with E-state index in [1.807, 2.05) is 6.07 Å². The first kappa shape index (κ1) is 12.5. The van der Waals surface area contributed by atoms with Gasteiger partial charge in [0.1, 0.15) is 0 Å². The number of hydrogen-bond donors (Lipinski definition) is 0. The number of aromatic nitrogens is 1. The summed E-state index contributed by atoms with van der Waals surface area (Å²) in [7, 11) is 1.55. The molecule has 0 unspecified atom stereocenters. The minimum Gasteiger partial charge on any atom is -0.481 e. The third-order valence-electron chi connectivity index (χ3n) is 2.27. The predicted molar refractivity (Wildman–Crippen MR) is 71.3 cm³/mol. The van der Waals surface area contributed by atoms with E-state index in [0.717, 1.165) is 11.1 Å². The second-order valence-corrected chi connectivity index (χ2v) is 4.56. The quantitative estimate of drug-likeness (QED) is 0.798. The molecule has 0 radical (unpaired) electrons. The van der Waals surface area contributed by atoms with Gasteiger partial charge in [0.15, 0.2) is 0 Å². The standard InChI is InChI=1S/C12H8Cl3NO/c1-17-12-5-8(11(15)6-16-12)7-2-3-9(13)10(14)4-7/h2-6H,1H3. The highest BCUT2D eigenvalue weighted by molar-refractivity contribution is 6.42. The van der Waals surface area contributed by atoms with Gasteiger partial charge in [0.2, 0.25) is 5.88 Å². The monoisotopic (exact) mass is 287 g/mol. The Kier molecular flexibility index (Phi) is 3.77. The molecular weight excluding hydrogens is 280 g/mol. The molecule has 0 fully saturated rings. The van der Waals surface area contributed by atoms with Crippen LogP contribution < -0.4 is 4.74 Å². The minimum absolute atomic E-state index is 0.482. The average molecular weight is 289 g/mol. The number of hydrogen-bond acceptors (Lipinski definition) is 2. The predicted octanol–water partition coefficient (Wildman–Crippen LogP) is 4.72. The van der Waals surface area contributed by atoms with Crippen LogP contribution in [-0.4, -0.2) is 12.1 Å². The van der Waals surface area contributed by atoms with Crippen LogP contribution in [0.25, 0.3) is 11.1 Å². The molecule has 0 N–H and O–H groups in total. The van der Waals surface area contributed by atoms with Crippen LogP contribution in [0.2, 0.25) is 15.1 Å². The minimum atomic E-state index is 0.482. The fraction of sp³-hybridized carbons (Fsp3) is 0.0833. The Bertz CT molecular complexity index is 557. The van der Waals surface area contributed by atoms with Gasteiger partial charge in [-0.05, 0) is 17.7 Å². The van der Waals surface area contributed by atoms with Gasteiger partial charge in [0.25, 0.3) is 0 Å². The average Bonchev–Trinajstić information content (AvgIpc) is 2.33.